The molecule has 0 saturated carbocycles. The molecule has 3 aromatic carbocycles. The van der Waals surface area contributed by atoms with E-state index in [-0.39, 0.29) is 10.8 Å². The number of para-hydroxylation sites is 1. The van der Waals surface area contributed by atoms with E-state index in [9.17, 15) is 13.2 Å². The third-order valence-electron chi connectivity index (χ3n) is 5.58. The van der Waals surface area contributed by atoms with Gasteiger partial charge in [-0.05, 0) is 41.8 Å². The van der Waals surface area contributed by atoms with Gasteiger partial charge in [0.2, 0.25) is 0 Å². The topological polar surface area (TPSA) is 66.9 Å². The summed E-state index contributed by atoms with van der Waals surface area (Å²) in [7, 11) is -2.18. The molecule has 0 radical (unpaired) electrons. The Morgan fingerprint density at radius 1 is 1.00 bits per heavy atom. The summed E-state index contributed by atoms with van der Waals surface area (Å²) >= 11 is 0. The number of carbonyl (C=O) groups is 1. The van der Waals surface area contributed by atoms with Gasteiger partial charge in [-0.2, -0.15) is 0 Å². The fourth-order valence-corrected chi connectivity index (χ4v) is 5.46. The van der Waals surface area contributed by atoms with Gasteiger partial charge in [-0.25, -0.2) is 8.42 Å². The van der Waals surface area contributed by atoms with E-state index in [0.717, 1.165) is 11.1 Å². The molecule has 0 spiro atoms. The summed E-state index contributed by atoms with van der Waals surface area (Å²) in [6, 6.07) is 23.5. The summed E-state index contributed by atoms with van der Waals surface area (Å²) in [6.07, 6.45) is 0.676. The van der Waals surface area contributed by atoms with Gasteiger partial charge >= 0.3 is 0 Å². The van der Waals surface area contributed by atoms with Crippen molar-refractivity contribution in [3.05, 3.63) is 95.6 Å². The summed E-state index contributed by atoms with van der Waals surface area (Å²) in [6.45, 7) is 1.61. The monoisotopic (exact) mass is 450 g/mol. The molecule has 1 heterocycles. The summed E-state index contributed by atoms with van der Waals surface area (Å²) in [4.78, 5) is 15.1. The third kappa shape index (κ3) is 4.54. The van der Waals surface area contributed by atoms with E-state index in [4.69, 9.17) is 4.74 Å². The molecule has 3 aromatic rings. The molecule has 0 N–H and O–H groups in total. The second-order valence-corrected chi connectivity index (χ2v) is 9.55. The standard InChI is InChI=1S/C25H26N2O4S/c1-31-17-16-26(19-20-8-3-2-4-9-20)25(28)22-11-7-12-23(18-22)32(29,30)27-15-14-21-10-5-6-13-24(21)27/h2-13,18H,14-17,19H2,1H3. The molecule has 0 saturated heterocycles. The van der Waals surface area contributed by atoms with Gasteiger partial charge in [-0.3, -0.25) is 9.10 Å². The second-order valence-electron chi connectivity index (χ2n) is 7.69. The lowest BCUT2D eigenvalue weighted by Gasteiger charge is -2.23. The third-order valence-corrected chi connectivity index (χ3v) is 7.39. The summed E-state index contributed by atoms with van der Waals surface area (Å²) in [5, 5.41) is 0. The SMILES string of the molecule is COCCN(Cc1ccccc1)C(=O)c1cccc(S(=O)(=O)N2CCc3ccccc32)c1. The van der Waals surface area contributed by atoms with E-state index >= 15 is 0 Å². The maximum Gasteiger partial charge on any atom is 0.264 e. The molecule has 1 aliphatic heterocycles. The van der Waals surface area contributed by atoms with Crippen molar-refractivity contribution in [1.82, 2.24) is 4.90 Å². The highest BCUT2D eigenvalue weighted by Crippen LogP contribution is 2.32. The Hall–Kier alpha value is -3.16. The first-order valence-electron chi connectivity index (χ1n) is 10.5. The summed E-state index contributed by atoms with van der Waals surface area (Å²) < 4.78 is 33.4. The van der Waals surface area contributed by atoms with E-state index in [1.807, 2.05) is 54.6 Å². The van der Waals surface area contributed by atoms with Crippen molar-refractivity contribution in [3.63, 3.8) is 0 Å². The van der Waals surface area contributed by atoms with Crippen LogP contribution in [0.2, 0.25) is 0 Å². The van der Waals surface area contributed by atoms with Gasteiger partial charge in [-0.15, -0.1) is 0 Å². The first-order valence-corrected chi connectivity index (χ1v) is 12.0. The molecular weight excluding hydrogens is 424 g/mol. The van der Waals surface area contributed by atoms with E-state index in [0.29, 0.717) is 43.9 Å². The number of hydrogen-bond acceptors (Lipinski definition) is 4. The number of anilines is 1. The van der Waals surface area contributed by atoms with E-state index in [1.54, 1.807) is 30.2 Å². The van der Waals surface area contributed by atoms with Crippen LogP contribution in [0.1, 0.15) is 21.5 Å². The van der Waals surface area contributed by atoms with Gasteiger partial charge in [-0.1, -0.05) is 54.6 Å². The van der Waals surface area contributed by atoms with Crippen LogP contribution in [0.4, 0.5) is 5.69 Å². The van der Waals surface area contributed by atoms with Crippen molar-refractivity contribution in [1.29, 1.82) is 0 Å². The van der Waals surface area contributed by atoms with Crippen LogP contribution >= 0.6 is 0 Å². The molecule has 1 amide bonds. The molecule has 7 heteroatoms. The highest BCUT2D eigenvalue weighted by Gasteiger charge is 2.31. The number of ether oxygens (including phenoxy) is 1. The molecule has 32 heavy (non-hydrogen) atoms. The smallest absolute Gasteiger partial charge is 0.264 e. The molecular formula is C25H26N2O4S. The predicted octanol–water partition coefficient (Wildman–Crippen LogP) is 3.73. The second kappa shape index (κ2) is 9.54. The number of sulfonamides is 1. The summed E-state index contributed by atoms with van der Waals surface area (Å²) in [5.74, 6) is -0.232. The van der Waals surface area contributed by atoms with Crippen molar-refractivity contribution in [2.45, 2.75) is 17.9 Å². The molecule has 1 aliphatic rings. The molecule has 0 bridgehead atoms. The Labute approximate surface area is 189 Å². The average Bonchev–Trinajstić information content (AvgIpc) is 3.27. The Kier molecular flexibility index (Phi) is 6.58. The Bertz CT molecular complexity index is 1200. The lowest BCUT2D eigenvalue weighted by Crippen LogP contribution is -2.34. The van der Waals surface area contributed by atoms with Crippen molar-refractivity contribution in [3.8, 4) is 0 Å². The zero-order valence-electron chi connectivity index (χ0n) is 18.0. The number of benzene rings is 3. The largest absolute Gasteiger partial charge is 0.383 e. The number of methoxy groups -OCH3 is 1. The van der Waals surface area contributed by atoms with Gasteiger partial charge in [0.1, 0.15) is 0 Å². The Balaban J connectivity index is 1.61. The van der Waals surface area contributed by atoms with E-state index in [2.05, 4.69) is 0 Å². The Morgan fingerprint density at radius 2 is 1.75 bits per heavy atom. The van der Waals surface area contributed by atoms with Crippen LogP contribution in [0.3, 0.4) is 0 Å². The molecule has 0 aromatic heterocycles. The minimum absolute atomic E-state index is 0.117. The molecule has 0 atom stereocenters. The van der Waals surface area contributed by atoms with Crippen LogP contribution in [0.5, 0.6) is 0 Å². The fraction of sp³-hybridized carbons (Fsp3) is 0.240. The van der Waals surface area contributed by atoms with Crippen molar-refractivity contribution < 1.29 is 17.9 Å². The molecule has 4 rings (SSSR count). The molecule has 6 nitrogen and oxygen atoms in total. The first kappa shape index (κ1) is 22.0. The van der Waals surface area contributed by atoms with Crippen LogP contribution in [-0.2, 0) is 27.7 Å². The minimum Gasteiger partial charge on any atom is -0.383 e. The van der Waals surface area contributed by atoms with Crippen molar-refractivity contribution >= 4 is 21.6 Å². The minimum atomic E-state index is -3.77. The van der Waals surface area contributed by atoms with Crippen molar-refractivity contribution in [2.24, 2.45) is 0 Å². The quantitative estimate of drug-likeness (QED) is 0.525. The van der Waals surface area contributed by atoms with Gasteiger partial charge in [0.05, 0.1) is 17.2 Å². The number of carbonyl (C=O) groups excluding carboxylic acids is 1. The summed E-state index contributed by atoms with van der Waals surface area (Å²) in [5.41, 5.74) is 3.05. The zero-order chi connectivity index (χ0) is 22.6. The van der Waals surface area contributed by atoms with Crippen LogP contribution in [0.15, 0.2) is 83.8 Å². The zero-order valence-corrected chi connectivity index (χ0v) is 18.8. The van der Waals surface area contributed by atoms with Crippen molar-refractivity contribution in [2.75, 3.05) is 31.1 Å². The van der Waals surface area contributed by atoms with Crippen LogP contribution in [-0.4, -0.2) is 46.0 Å². The maximum absolute atomic E-state index is 13.4. The number of nitrogens with zero attached hydrogens (tertiary/aromatic N) is 2. The fourth-order valence-electron chi connectivity index (χ4n) is 3.91. The lowest BCUT2D eigenvalue weighted by atomic mass is 10.1. The molecule has 166 valence electrons. The van der Waals surface area contributed by atoms with E-state index in [1.165, 1.54) is 10.4 Å². The van der Waals surface area contributed by atoms with Gasteiger partial charge in [0.15, 0.2) is 0 Å². The number of hydrogen-bond donors (Lipinski definition) is 0. The highest BCUT2D eigenvalue weighted by molar-refractivity contribution is 7.92. The van der Waals surface area contributed by atoms with Gasteiger partial charge in [0.25, 0.3) is 15.9 Å². The number of amides is 1. The molecule has 0 fully saturated rings. The van der Waals surface area contributed by atoms with Crippen LogP contribution in [0.25, 0.3) is 0 Å². The van der Waals surface area contributed by atoms with Crippen LogP contribution in [0, 0.1) is 0 Å². The van der Waals surface area contributed by atoms with Gasteiger partial charge < -0.3 is 9.64 Å². The molecule has 0 unspecified atom stereocenters. The van der Waals surface area contributed by atoms with Gasteiger partial charge in [0, 0.05) is 32.3 Å². The Morgan fingerprint density at radius 3 is 2.53 bits per heavy atom. The first-order chi connectivity index (χ1) is 15.5. The molecule has 0 aliphatic carbocycles. The lowest BCUT2D eigenvalue weighted by molar-refractivity contribution is 0.0680. The average molecular weight is 451 g/mol. The normalized spacial score (nSPS) is 13.1. The number of fused-ring (bicyclic) bond motifs is 1. The highest BCUT2D eigenvalue weighted by atomic mass is 32.2. The maximum atomic E-state index is 13.4. The number of rotatable bonds is 8. The van der Waals surface area contributed by atoms with E-state index < -0.39 is 10.0 Å². The van der Waals surface area contributed by atoms with Crippen LogP contribution < -0.4 is 4.31 Å². The predicted molar refractivity (Wildman–Crippen MR) is 124 cm³/mol.